The smallest absolute Gasteiger partial charge is 0.153 e. The van der Waals surface area contributed by atoms with Gasteiger partial charge in [-0.1, -0.05) is 6.07 Å². The van der Waals surface area contributed by atoms with Crippen molar-refractivity contribution in [3.63, 3.8) is 0 Å². The molecule has 0 N–H and O–H groups in total. The van der Waals surface area contributed by atoms with E-state index in [-0.39, 0.29) is 0 Å². The van der Waals surface area contributed by atoms with Crippen LogP contribution in [0.15, 0.2) is 18.2 Å². The number of carbonyl (C=O) groups is 1. The Kier molecular flexibility index (Phi) is 4.07. The lowest BCUT2D eigenvalue weighted by Crippen LogP contribution is -2.35. The number of carbonyl (C=O) groups excluding carboxylic acids is 1. The van der Waals surface area contributed by atoms with Gasteiger partial charge in [0, 0.05) is 48.7 Å². The second kappa shape index (κ2) is 6.79. The number of hydrogen-bond acceptors (Lipinski definition) is 4. The molecule has 4 heterocycles. The van der Waals surface area contributed by atoms with Crippen molar-refractivity contribution in [1.82, 2.24) is 0 Å². The van der Waals surface area contributed by atoms with E-state index in [1.165, 1.54) is 52.9 Å². The zero-order valence-electron chi connectivity index (χ0n) is 17.0. The van der Waals surface area contributed by atoms with E-state index in [2.05, 4.69) is 28.0 Å². The van der Waals surface area contributed by atoms with Gasteiger partial charge in [0.2, 0.25) is 0 Å². The minimum absolute atomic E-state index is 0.722. The Morgan fingerprint density at radius 3 is 2.10 bits per heavy atom. The molecule has 0 unspecified atom stereocenters. The maximum Gasteiger partial charge on any atom is 0.153 e. The third-order valence-corrected chi connectivity index (χ3v) is 7.21. The van der Waals surface area contributed by atoms with Crippen LogP contribution in [-0.2, 0) is 25.7 Å². The van der Waals surface area contributed by atoms with Crippen LogP contribution in [0.2, 0.25) is 0 Å². The van der Waals surface area contributed by atoms with E-state index >= 15 is 0 Å². The second-order valence-corrected chi connectivity index (χ2v) is 8.94. The molecule has 4 nitrogen and oxygen atoms in total. The van der Waals surface area contributed by atoms with Crippen molar-refractivity contribution in [1.29, 1.82) is 0 Å². The molecular weight excluding hydrogens is 360 g/mol. The summed E-state index contributed by atoms with van der Waals surface area (Å²) in [4.78, 5) is 17.1. The van der Waals surface area contributed by atoms with Crippen molar-refractivity contribution < 1.29 is 9.53 Å². The Bertz CT molecular complexity index is 993. The first-order chi connectivity index (χ1) is 14.3. The average Bonchev–Trinajstić information content (AvgIpc) is 2.77. The quantitative estimate of drug-likeness (QED) is 0.714. The van der Waals surface area contributed by atoms with Crippen LogP contribution in [0.4, 0.5) is 11.4 Å². The van der Waals surface area contributed by atoms with Gasteiger partial charge >= 0.3 is 0 Å². The fraction of sp³-hybridized carbons (Fsp3) is 0.480. The topological polar surface area (TPSA) is 32.8 Å². The molecule has 29 heavy (non-hydrogen) atoms. The van der Waals surface area contributed by atoms with E-state index < -0.39 is 0 Å². The normalized spacial score (nSPS) is 19.4. The first kappa shape index (κ1) is 17.4. The molecule has 0 aromatic heterocycles. The van der Waals surface area contributed by atoms with Gasteiger partial charge in [0.1, 0.15) is 11.5 Å². The van der Waals surface area contributed by atoms with Crippen molar-refractivity contribution in [2.24, 2.45) is 0 Å². The van der Waals surface area contributed by atoms with Crippen LogP contribution in [0.5, 0.6) is 11.5 Å². The molecule has 0 amide bonds. The van der Waals surface area contributed by atoms with Crippen LogP contribution in [0, 0.1) is 0 Å². The van der Waals surface area contributed by atoms with Crippen LogP contribution in [0.1, 0.15) is 58.3 Å². The number of anilines is 2. The molecule has 4 aliphatic rings. The van der Waals surface area contributed by atoms with Crippen molar-refractivity contribution in [3.8, 4) is 11.5 Å². The van der Waals surface area contributed by atoms with Gasteiger partial charge in [-0.05, 0) is 74.6 Å². The van der Waals surface area contributed by atoms with Crippen LogP contribution >= 0.6 is 0 Å². The zero-order valence-corrected chi connectivity index (χ0v) is 17.0. The Morgan fingerprint density at radius 1 is 0.759 bits per heavy atom. The summed E-state index contributed by atoms with van der Waals surface area (Å²) >= 11 is 0. The second-order valence-electron chi connectivity index (χ2n) is 8.94. The lowest BCUT2D eigenvalue weighted by atomic mass is 9.89. The minimum Gasteiger partial charge on any atom is -0.456 e. The molecule has 0 spiro atoms. The molecule has 150 valence electrons. The first-order valence-electron chi connectivity index (χ1n) is 11.3. The summed E-state index contributed by atoms with van der Waals surface area (Å²) in [5.74, 6) is 1.78. The van der Waals surface area contributed by atoms with Gasteiger partial charge < -0.3 is 14.5 Å². The number of hydrogen-bond donors (Lipinski definition) is 0. The summed E-state index contributed by atoms with van der Waals surface area (Å²) in [6, 6.07) is 6.50. The molecule has 2 aromatic rings. The van der Waals surface area contributed by atoms with Crippen LogP contribution in [0.25, 0.3) is 0 Å². The van der Waals surface area contributed by atoms with E-state index in [1.54, 1.807) is 0 Å². The fourth-order valence-corrected chi connectivity index (χ4v) is 6.02. The maximum absolute atomic E-state index is 12.0. The highest BCUT2D eigenvalue weighted by atomic mass is 16.5. The zero-order chi connectivity index (χ0) is 19.4. The number of nitrogens with zero attached hydrogens (tertiary/aromatic N) is 2. The van der Waals surface area contributed by atoms with Gasteiger partial charge in [0.25, 0.3) is 0 Å². The van der Waals surface area contributed by atoms with E-state index in [0.717, 1.165) is 81.6 Å². The Balaban J connectivity index is 1.49. The molecule has 4 aliphatic heterocycles. The molecular formula is C25H28N2O2. The number of aryl methyl sites for hydroxylation is 2. The van der Waals surface area contributed by atoms with Crippen molar-refractivity contribution in [2.75, 3.05) is 36.0 Å². The number of ether oxygens (including phenoxy) is 1. The van der Waals surface area contributed by atoms with E-state index in [1.807, 2.05) is 0 Å². The monoisotopic (exact) mass is 388 g/mol. The van der Waals surface area contributed by atoms with E-state index in [0.29, 0.717) is 0 Å². The lowest BCUT2D eigenvalue weighted by molar-refractivity contribution is 0.112. The lowest BCUT2D eigenvalue weighted by Gasteiger charge is -2.39. The van der Waals surface area contributed by atoms with Gasteiger partial charge in [-0.2, -0.15) is 0 Å². The first-order valence-corrected chi connectivity index (χ1v) is 11.3. The minimum atomic E-state index is 0.722. The molecule has 0 radical (unpaired) electrons. The third kappa shape index (κ3) is 2.68. The van der Waals surface area contributed by atoms with Gasteiger partial charge in [0.15, 0.2) is 6.29 Å². The maximum atomic E-state index is 12.0. The highest BCUT2D eigenvalue weighted by molar-refractivity contribution is 5.85. The van der Waals surface area contributed by atoms with Gasteiger partial charge in [-0.15, -0.1) is 0 Å². The molecule has 0 fully saturated rings. The summed E-state index contributed by atoms with van der Waals surface area (Å²) in [5.41, 5.74) is 8.90. The molecule has 0 aliphatic carbocycles. The standard InChI is InChI=1S/C25H28N2O2/c28-16-19-15-18-6-2-12-27-14-4-8-21(24(18)27)25(19)29-22-10-9-17-5-1-11-26-13-3-7-20(22)23(17)26/h9-10,15-16H,1-8,11-14H2. The summed E-state index contributed by atoms with van der Waals surface area (Å²) in [7, 11) is 0. The van der Waals surface area contributed by atoms with E-state index in [4.69, 9.17) is 4.74 Å². The summed E-state index contributed by atoms with van der Waals surface area (Å²) in [5, 5.41) is 0. The molecule has 0 bridgehead atoms. The third-order valence-electron chi connectivity index (χ3n) is 7.21. The number of aldehydes is 1. The predicted molar refractivity (Wildman–Crippen MR) is 116 cm³/mol. The summed E-state index contributed by atoms with van der Waals surface area (Å²) in [6.07, 6.45) is 10.0. The number of benzene rings is 2. The largest absolute Gasteiger partial charge is 0.456 e. The highest BCUT2D eigenvalue weighted by Crippen LogP contribution is 2.46. The molecule has 4 heteroatoms. The Hall–Kier alpha value is -2.49. The molecule has 2 aromatic carbocycles. The van der Waals surface area contributed by atoms with Crippen molar-refractivity contribution in [3.05, 3.63) is 46.0 Å². The fourth-order valence-electron chi connectivity index (χ4n) is 6.02. The average molecular weight is 389 g/mol. The van der Waals surface area contributed by atoms with Gasteiger partial charge in [-0.25, -0.2) is 0 Å². The molecule has 0 saturated heterocycles. The van der Waals surface area contributed by atoms with Gasteiger partial charge in [0.05, 0.1) is 5.56 Å². The highest BCUT2D eigenvalue weighted by Gasteiger charge is 2.31. The van der Waals surface area contributed by atoms with Crippen LogP contribution in [0.3, 0.4) is 0 Å². The molecule has 0 saturated carbocycles. The van der Waals surface area contributed by atoms with Crippen molar-refractivity contribution in [2.45, 2.75) is 51.4 Å². The molecule has 6 rings (SSSR count). The number of rotatable bonds is 3. The van der Waals surface area contributed by atoms with Crippen LogP contribution in [-0.4, -0.2) is 32.5 Å². The summed E-state index contributed by atoms with van der Waals surface area (Å²) in [6.45, 7) is 4.56. The SMILES string of the molecule is O=Cc1cc2c3c(c1Oc1ccc4c5c1CCCN5CCC4)CCCN3CCC2. The summed E-state index contributed by atoms with van der Waals surface area (Å²) < 4.78 is 6.66. The van der Waals surface area contributed by atoms with Crippen LogP contribution < -0.4 is 14.5 Å². The predicted octanol–water partition coefficient (Wildman–Crippen LogP) is 4.69. The van der Waals surface area contributed by atoms with Gasteiger partial charge in [-0.3, -0.25) is 4.79 Å². The van der Waals surface area contributed by atoms with E-state index in [9.17, 15) is 4.79 Å². The Morgan fingerprint density at radius 2 is 1.38 bits per heavy atom. The van der Waals surface area contributed by atoms with Crippen molar-refractivity contribution >= 4 is 17.7 Å². The Labute approximate surface area is 172 Å². The molecule has 0 atom stereocenters.